The second-order valence-electron chi connectivity index (χ2n) is 14.2. The molecule has 5 N–H and O–H groups in total. The molecular weight excluding hydrogens is 576 g/mol. The Morgan fingerprint density at radius 1 is 1.00 bits per heavy atom. The molecule has 9 heteroatoms. The Kier molecular flexibility index (Phi) is 10.8. The van der Waals surface area contributed by atoms with Gasteiger partial charge < -0.3 is 25.5 Å². The van der Waals surface area contributed by atoms with Crippen LogP contribution in [0.5, 0.6) is 5.75 Å². The molecule has 5 rings (SSSR count). The van der Waals surface area contributed by atoms with Crippen LogP contribution in [-0.4, -0.2) is 67.2 Å². The van der Waals surface area contributed by atoms with Gasteiger partial charge in [0.05, 0.1) is 6.10 Å². The van der Waals surface area contributed by atoms with Crippen LogP contribution in [-0.2, 0) is 9.59 Å². The van der Waals surface area contributed by atoms with Crippen LogP contribution in [0.15, 0.2) is 29.8 Å². The molecule has 0 unspecified atom stereocenters. The van der Waals surface area contributed by atoms with Gasteiger partial charge in [-0.15, -0.1) is 0 Å². The normalized spacial score (nSPS) is 33.6. The monoisotopic (exact) mass is 626 g/mol. The lowest BCUT2D eigenvalue weighted by molar-refractivity contribution is -0.182. The largest absolute Gasteiger partial charge is 0.507 e. The summed E-state index contributed by atoms with van der Waals surface area (Å²) in [6.07, 6.45) is 11.5. The first-order chi connectivity index (χ1) is 21.2. The maximum Gasteiger partial charge on any atom is 0.339 e. The summed E-state index contributed by atoms with van der Waals surface area (Å²) < 4.78 is 0. The van der Waals surface area contributed by atoms with E-state index < -0.39 is 35.5 Å². The van der Waals surface area contributed by atoms with Crippen molar-refractivity contribution >= 4 is 23.3 Å². The van der Waals surface area contributed by atoms with E-state index in [1.807, 2.05) is 6.92 Å². The molecule has 4 aliphatic carbocycles. The Labute approximate surface area is 265 Å². The van der Waals surface area contributed by atoms with E-state index in [4.69, 9.17) is 5.11 Å². The van der Waals surface area contributed by atoms with Gasteiger partial charge in [0.15, 0.2) is 17.3 Å². The maximum atomic E-state index is 12.4. The SMILES string of the molecule is CCCCCCCC(=O)c1ccc(O)c(C(=O)O)c1.C[C@]12CCC(=O)C=C1CC[C@@H]1[C@@H]2[C@@H](O)C[C@@]2(C)[C@H]1CC[C@]2(O)C(=O)CO. The number of Topliss-reactive ketones (excluding diaryl/α,β-unsaturated/α-hetero) is 2. The van der Waals surface area contributed by atoms with Crippen LogP contribution in [0.4, 0.5) is 0 Å². The molecule has 0 spiro atoms. The Bertz CT molecular complexity index is 1330. The second-order valence-corrected chi connectivity index (χ2v) is 14.2. The van der Waals surface area contributed by atoms with Gasteiger partial charge in [-0.2, -0.15) is 0 Å². The number of phenols is 1. The van der Waals surface area contributed by atoms with Gasteiger partial charge in [0.25, 0.3) is 0 Å². The molecule has 0 aliphatic heterocycles. The fraction of sp³-hybridized carbons (Fsp3) is 0.667. The minimum absolute atomic E-state index is 0.0697. The molecule has 0 bridgehead atoms. The predicted molar refractivity (Wildman–Crippen MR) is 168 cm³/mol. The van der Waals surface area contributed by atoms with E-state index in [1.165, 1.54) is 30.2 Å². The van der Waals surface area contributed by atoms with Gasteiger partial charge in [0.2, 0.25) is 0 Å². The van der Waals surface area contributed by atoms with Gasteiger partial charge in [-0.1, -0.05) is 52.0 Å². The topological polar surface area (TPSA) is 169 Å². The van der Waals surface area contributed by atoms with Gasteiger partial charge in [0, 0.05) is 23.8 Å². The van der Waals surface area contributed by atoms with E-state index in [9.17, 15) is 39.6 Å². The average molecular weight is 627 g/mol. The standard InChI is InChI=1S/C21H30O5.C15H20O4/c1-19-7-5-13(23)9-12(19)3-4-14-15-6-8-21(26,17(25)11-22)20(15,2)10-16(24)18(14)19;1-2-3-4-5-6-7-13(16)11-8-9-14(17)12(10-11)15(18)19/h9,14-16,18,22,24,26H,3-8,10-11H2,1-2H3;8-10,17H,2-7H2,1H3,(H,18,19)/t14-,15-,16-,18+,19-,20-,21-;/m0./s1. The van der Waals surface area contributed by atoms with E-state index in [1.54, 1.807) is 6.08 Å². The predicted octanol–water partition coefficient (Wildman–Crippen LogP) is 5.42. The van der Waals surface area contributed by atoms with Crippen LogP contribution in [0.3, 0.4) is 0 Å². The summed E-state index contributed by atoms with van der Waals surface area (Å²) >= 11 is 0. The summed E-state index contributed by atoms with van der Waals surface area (Å²) in [7, 11) is 0. The Balaban J connectivity index is 0.000000217. The molecule has 9 nitrogen and oxygen atoms in total. The molecule has 45 heavy (non-hydrogen) atoms. The molecule has 3 saturated carbocycles. The molecule has 0 saturated heterocycles. The van der Waals surface area contributed by atoms with Gasteiger partial charge in [-0.25, -0.2) is 4.79 Å². The van der Waals surface area contributed by atoms with Crippen molar-refractivity contribution in [1.82, 2.24) is 0 Å². The number of unbranched alkanes of at least 4 members (excludes halogenated alkanes) is 4. The molecule has 0 amide bonds. The number of carboxylic acid groups (broad SMARTS) is 1. The lowest BCUT2D eigenvalue weighted by Gasteiger charge is -2.60. The molecule has 7 atom stereocenters. The van der Waals surface area contributed by atoms with Crippen molar-refractivity contribution in [3.8, 4) is 5.75 Å². The van der Waals surface area contributed by atoms with E-state index in [0.717, 1.165) is 51.4 Å². The highest BCUT2D eigenvalue weighted by molar-refractivity contribution is 6.00. The van der Waals surface area contributed by atoms with Gasteiger partial charge in [-0.05, 0) is 92.4 Å². The van der Waals surface area contributed by atoms with E-state index >= 15 is 0 Å². The first kappa shape index (κ1) is 35.0. The fourth-order valence-corrected chi connectivity index (χ4v) is 9.20. The summed E-state index contributed by atoms with van der Waals surface area (Å²) in [5.74, 6) is -1.47. The van der Waals surface area contributed by atoms with Gasteiger partial charge in [-0.3, -0.25) is 14.4 Å². The molecule has 0 heterocycles. The second kappa shape index (κ2) is 13.9. The highest BCUT2D eigenvalue weighted by Crippen LogP contribution is 2.67. The fourth-order valence-electron chi connectivity index (χ4n) is 9.20. The number of hydrogen-bond donors (Lipinski definition) is 5. The number of aromatic hydroxyl groups is 1. The summed E-state index contributed by atoms with van der Waals surface area (Å²) in [5, 5.41) is 50.0. The first-order valence-electron chi connectivity index (χ1n) is 16.6. The minimum atomic E-state index is -1.54. The third kappa shape index (κ3) is 6.54. The zero-order chi connectivity index (χ0) is 33.2. The summed E-state index contributed by atoms with van der Waals surface area (Å²) in [6.45, 7) is 5.59. The van der Waals surface area contributed by atoms with Crippen molar-refractivity contribution in [2.45, 2.75) is 116 Å². The van der Waals surface area contributed by atoms with Crippen molar-refractivity contribution in [1.29, 1.82) is 0 Å². The number of hydrogen-bond acceptors (Lipinski definition) is 8. The molecule has 0 radical (unpaired) electrons. The zero-order valence-corrected chi connectivity index (χ0v) is 26.9. The van der Waals surface area contributed by atoms with Crippen LogP contribution < -0.4 is 0 Å². The van der Waals surface area contributed by atoms with Crippen LogP contribution >= 0.6 is 0 Å². The number of carbonyl (C=O) groups excluding carboxylic acids is 3. The zero-order valence-electron chi connectivity index (χ0n) is 26.9. The number of allylic oxidation sites excluding steroid dienone is 1. The van der Waals surface area contributed by atoms with E-state index in [2.05, 4.69) is 13.8 Å². The lowest BCUT2D eigenvalue weighted by atomic mass is 9.45. The van der Waals surface area contributed by atoms with Crippen molar-refractivity contribution < 1.29 is 44.7 Å². The number of aliphatic hydroxyl groups is 3. The third-order valence-electron chi connectivity index (χ3n) is 11.7. The van der Waals surface area contributed by atoms with Crippen molar-refractivity contribution in [3.63, 3.8) is 0 Å². The highest BCUT2D eigenvalue weighted by atomic mass is 16.4. The minimum Gasteiger partial charge on any atom is -0.507 e. The van der Waals surface area contributed by atoms with Crippen LogP contribution in [0.25, 0.3) is 0 Å². The number of aliphatic hydroxyl groups excluding tert-OH is 2. The van der Waals surface area contributed by atoms with Crippen molar-refractivity contribution in [2.75, 3.05) is 6.61 Å². The van der Waals surface area contributed by atoms with E-state index in [0.29, 0.717) is 31.2 Å². The Morgan fingerprint density at radius 2 is 1.71 bits per heavy atom. The molecule has 248 valence electrons. The third-order valence-corrected chi connectivity index (χ3v) is 11.7. The first-order valence-corrected chi connectivity index (χ1v) is 16.6. The number of carbonyl (C=O) groups is 4. The molecule has 1 aromatic carbocycles. The van der Waals surface area contributed by atoms with Crippen LogP contribution in [0.2, 0.25) is 0 Å². The maximum absolute atomic E-state index is 12.4. The number of rotatable bonds is 10. The van der Waals surface area contributed by atoms with Crippen LogP contribution in [0, 0.1) is 28.6 Å². The molecule has 1 aromatic rings. The summed E-state index contributed by atoms with van der Waals surface area (Å²) in [4.78, 5) is 47.0. The number of aromatic carboxylic acids is 1. The average Bonchev–Trinajstić information content (AvgIpc) is 3.27. The summed E-state index contributed by atoms with van der Waals surface area (Å²) in [5.41, 5.74) is -1.10. The van der Waals surface area contributed by atoms with Gasteiger partial charge in [0.1, 0.15) is 23.5 Å². The molecule has 4 aliphatic rings. The Hall–Kier alpha value is -2.88. The molecule has 0 aromatic heterocycles. The smallest absolute Gasteiger partial charge is 0.339 e. The number of fused-ring (bicyclic) bond motifs is 5. The number of ketones is 3. The Morgan fingerprint density at radius 3 is 2.38 bits per heavy atom. The van der Waals surface area contributed by atoms with Crippen molar-refractivity contribution in [2.24, 2.45) is 28.6 Å². The molecular formula is C36H50O9. The quantitative estimate of drug-likeness (QED) is 0.168. The molecule has 3 fully saturated rings. The van der Waals surface area contributed by atoms with Crippen molar-refractivity contribution in [3.05, 3.63) is 41.0 Å². The number of benzene rings is 1. The lowest BCUT2D eigenvalue weighted by Crippen LogP contribution is -2.62. The summed E-state index contributed by atoms with van der Waals surface area (Å²) in [6, 6.07) is 3.97. The highest BCUT2D eigenvalue weighted by Gasteiger charge is 2.68. The van der Waals surface area contributed by atoms with E-state index in [-0.39, 0.29) is 46.0 Å². The van der Waals surface area contributed by atoms with Gasteiger partial charge >= 0.3 is 5.97 Å². The number of carboxylic acids is 1. The van der Waals surface area contributed by atoms with Crippen LogP contribution in [0.1, 0.15) is 125 Å².